The lowest BCUT2D eigenvalue weighted by atomic mass is 10.0. The number of carbonyl (C=O) groups is 1. The van der Waals surface area contributed by atoms with Crippen LogP contribution < -0.4 is 9.47 Å². The number of rotatable bonds is 8. The third-order valence-corrected chi connectivity index (χ3v) is 4.27. The van der Waals surface area contributed by atoms with Crippen molar-refractivity contribution in [2.24, 2.45) is 0 Å². The van der Waals surface area contributed by atoms with Crippen LogP contribution in [0.25, 0.3) is 11.1 Å². The number of ether oxygens (including phenoxy) is 2. The molecule has 3 rings (SSSR count). The molecule has 0 unspecified atom stereocenters. The molecule has 2 aromatic carbocycles. The number of aliphatic carboxylic acids is 1. The second-order valence-corrected chi connectivity index (χ2v) is 6.22. The number of pyridine rings is 1. The van der Waals surface area contributed by atoms with Gasteiger partial charge in [-0.25, -0.2) is 9.37 Å². The maximum Gasteiger partial charge on any atom is 0.303 e. The van der Waals surface area contributed by atoms with Gasteiger partial charge in [0.1, 0.15) is 18.2 Å². The van der Waals surface area contributed by atoms with Gasteiger partial charge in [0.05, 0.1) is 7.11 Å². The topological polar surface area (TPSA) is 68.7 Å². The lowest BCUT2D eigenvalue weighted by molar-refractivity contribution is -0.136. The van der Waals surface area contributed by atoms with E-state index in [0.717, 1.165) is 16.7 Å². The average Bonchev–Trinajstić information content (AvgIpc) is 2.71. The Morgan fingerprint density at radius 2 is 1.89 bits per heavy atom. The van der Waals surface area contributed by atoms with Crippen molar-refractivity contribution in [3.63, 3.8) is 0 Å². The first-order chi connectivity index (χ1) is 13.5. The largest absolute Gasteiger partial charge is 0.489 e. The minimum atomic E-state index is -0.827. The molecule has 0 saturated carbocycles. The Balaban J connectivity index is 1.73. The van der Waals surface area contributed by atoms with Crippen LogP contribution in [0.2, 0.25) is 0 Å². The summed E-state index contributed by atoms with van der Waals surface area (Å²) in [5.41, 5.74) is 3.28. The molecule has 0 saturated heterocycles. The van der Waals surface area contributed by atoms with Crippen molar-refractivity contribution in [2.75, 3.05) is 7.11 Å². The van der Waals surface area contributed by atoms with Gasteiger partial charge in [-0.2, -0.15) is 0 Å². The molecule has 0 atom stereocenters. The summed E-state index contributed by atoms with van der Waals surface area (Å²) in [4.78, 5) is 14.8. The average molecular weight is 381 g/mol. The highest BCUT2D eigenvalue weighted by Gasteiger charge is 2.09. The molecule has 28 heavy (non-hydrogen) atoms. The normalized spacial score (nSPS) is 10.5. The standard InChI is InChI=1S/C22H20FNO4/c1-27-21-10-5-16(13-24-21)20-9-6-18(23)12-17(20)14-28-19-7-2-15(3-8-19)4-11-22(25)26/h2-3,5-10,12-13H,4,11,14H2,1H3,(H,25,26). The van der Waals surface area contributed by atoms with Crippen LogP contribution >= 0.6 is 0 Å². The smallest absolute Gasteiger partial charge is 0.303 e. The minimum Gasteiger partial charge on any atom is -0.489 e. The summed E-state index contributed by atoms with van der Waals surface area (Å²) >= 11 is 0. The molecule has 0 radical (unpaired) electrons. The Labute approximate surface area is 162 Å². The number of hydrogen-bond acceptors (Lipinski definition) is 4. The highest BCUT2D eigenvalue weighted by atomic mass is 19.1. The Kier molecular flexibility index (Phi) is 6.22. The van der Waals surface area contributed by atoms with Crippen LogP contribution in [-0.4, -0.2) is 23.2 Å². The van der Waals surface area contributed by atoms with Crippen LogP contribution in [-0.2, 0) is 17.8 Å². The zero-order valence-corrected chi connectivity index (χ0v) is 15.4. The fraction of sp³-hybridized carbons (Fsp3) is 0.182. The van der Waals surface area contributed by atoms with Gasteiger partial charge in [0.25, 0.3) is 0 Å². The van der Waals surface area contributed by atoms with Crippen LogP contribution in [0.4, 0.5) is 4.39 Å². The second kappa shape index (κ2) is 8.99. The van der Waals surface area contributed by atoms with Crippen LogP contribution in [0.5, 0.6) is 11.6 Å². The third kappa shape index (κ3) is 5.07. The molecular weight excluding hydrogens is 361 g/mol. The Bertz CT molecular complexity index is 940. The number of aromatic nitrogens is 1. The predicted molar refractivity (Wildman–Crippen MR) is 103 cm³/mol. The van der Waals surface area contributed by atoms with Gasteiger partial charge in [0.15, 0.2) is 0 Å². The van der Waals surface area contributed by atoms with Crippen molar-refractivity contribution in [2.45, 2.75) is 19.4 Å². The molecule has 144 valence electrons. The zero-order valence-electron chi connectivity index (χ0n) is 15.4. The highest BCUT2D eigenvalue weighted by Crippen LogP contribution is 2.26. The monoisotopic (exact) mass is 381 g/mol. The van der Waals surface area contributed by atoms with Crippen molar-refractivity contribution in [1.82, 2.24) is 4.98 Å². The number of benzene rings is 2. The zero-order chi connectivity index (χ0) is 19.9. The van der Waals surface area contributed by atoms with Gasteiger partial charge < -0.3 is 14.6 Å². The number of halogens is 1. The maximum absolute atomic E-state index is 13.8. The Morgan fingerprint density at radius 1 is 1.11 bits per heavy atom. The summed E-state index contributed by atoms with van der Waals surface area (Å²) in [6, 6.07) is 15.4. The second-order valence-electron chi connectivity index (χ2n) is 6.22. The predicted octanol–water partition coefficient (Wildman–Crippen LogP) is 4.49. The van der Waals surface area contributed by atoms with Crippen LogP contribution in [0.1, 0.15) is 17.5 Å². The minimum absolute atomic E-state index is 0.0861. The number of methoxy groups -OCH3 is 1. The van der Waals surface area contributed by atoms with E-state index in [-0.39, 0.29) is 18.8 Å². The lowest BCUT2D eigenvalue weighted by Gasteiger charge is -2.12. The van der Waals surface area contributed by atoms with Gasteiger partial charge in [-0.3, -0.25) is 4.79 Å². The van der Waals surface area contributed by atoms with Gasteiger partial charge in [-0.15, -0.1) is 0 Å². The summed E-state index contributed by atoms with van der Waals surface area (Å²) in [5.74, 6) is -0.0337. The van der Waals surface area contributed by atoms with Gasteiger partial charge in [-0.05, 0) is 47.9 Å². The molecule has 0 spiro atoms. The van der Waals surface area contributed by atoms with Gasteiger partial charge >= 0.3 is 5.97 Å². The Hall–Kier alpha value is -3.41. The van der Waals surface area contributed by atoms with E-state index in [1.807, 2.05) is 18.2 Å². The van der Waals surface area contributed by atoms with Crippen molar-refractivity contribution in [3.8, 4) is 22.8 Å². The molecule has 0 amide bonds. The summed E-state index contributed by atoms with van der Waals surface area (Å²) in [7, 11) is 1.55. The summed E-state index contributed by atoms with van der Waals surface area (Å²) in [6.07, 6.45) is 2.23. The number of carboxylic acid groups (broad SMARTS) is 1. The number of nitrogens with zero attached hydrogens (tertiary/aromatic N) is 1. The summed E-state index contributed by atoms with van der Waals surface area (Å²) in [6.45, 7) is 0.188. The van der Waals surface area contributed by atoms with Crippen LogP contribution in [0.15, 0.2) is 60.8 Å². The molecule has 0 aliphatic heterocycles. The maximum atomic E-state index is 13.8. The molecule has 6 heteroatoms. The Morgan fingerprint density at radius 3 is 2.54 bits per heavy atom. The fourth-order valence-electron chi connectivity index (χ4n) is 2.79. The van der Waals surface area contributed by atoms with Crippen molar-refractivity contribution in [3.05, 3.63) is 77.7 Å². The fourth-order valence-corrected chi connectivity index (χ4v) is 2.79. The molecular formula is C22H20FNO4. The van der Waals surface area contributed by atoms with E-state index in [1.165, 1.54) is 12.1 Å². The van der Waals surface area contributed by atoms with Crippen LogP contribution in [0.3, 0.4) is 0 Å². The molecule has 0 aliphatic rings. The first-order valence-corrected chi connectivity index (χ1v) is 8.77. The molecule has 1 heterocycles. The molecule has 3 aromatic rings. The lowest BCUT2D eigenvalue weighted by Crippen LogP contribution is -2.00. The molecule has 1 N–H and O–H groups in total. The van der Waals surface area contributed by atoms with Crippen molar-refractivity contribution < 1.29 is 23.8 Å². The number of carboxylic acids is 1. The summed E-state index contributed by atoms with van der Waals surface area (Å²) in [5, 5.41) is 8.74. The molecule has 5 nitrogen and oxygen atoms in total. The molecule has 0 fully saturated rings. The molecule has 0 aliphatic carbocycles. The van der Waals surface area contributed by atoms with E-state index < -0.39 is 5.97 Å². The van der Waals surface area contributed by atoms with E-state index in [4.69, 9.17) is 14.6 Å². The van der Waals surface area contributed by atoms with Crippen molar-refractivity contribution in [1.29, 1.82) is 0 Å². The SMILES string of the molecule is COc1ccc(-c2ccc(F)cc2COc2ccc(CCC(=O)O)cc2)cn1. The van der Waals surface area contributed by atoms with E-state index in [0.29, 0.717) is 23.6 Å². The van der Waals surface area contributed by atoms with E-state index >= 15 is 0 Å². The summed E-state index contributed by atoms with van der Waals surface area (Å²) < 4.78 is 24.6. The van der Waals surface area contributed by atoms with Gasteiger partial charge in [-0.1, -0.05) is 18.2 Å². The third-order valence-electron chi connectivity index (χ3n) is 4.27. The van der Waals surface area contributed by atoms with Crippen LogP contribution in [0, 0.1) is 5.82 Å². The van der Waals surface area contributed by atoms with E-state index in [9.17, 15) is 9.18 Å². The molecule has 1 aromatic heterocycles. The quantitative estimate of drug-likeness (QED) is 0.623. The van der Waals surface area contributed by atoms with Gasteiger partial charge in [0, 0.05) is 29.8 Å². The van der Waals surface area contributed by atoms with Crippen molar-refractivity contribution >= 4 is 5.97 Å². The van der Waals surface area contributed by atoms with Gasteiger partial charge in [0.2, 0.25) is 5.88 Å². The highest BCUT2D eigenvalue weighted by molar-refractivity contribution is 5.67. The van der Waals surface area contributed by atoms with E-state index in [2.05, 4.69) is 4.98 Å². The molecule has 0 bridgehead atoms. The first kappa shape index (κ1) is 19.4. The van der Waals surface area contributed by atoms with E-state index in [1.54, 1.807) is 37.6 Å². The number of hydrogen-bond donors (Lipinski definition) is 1. The first-order valence-electron chi connectivity index (χ1n) is 8.77. The number of aryl methyl sites for hydroxylation is 1.